The van der Waals surface area contributed by atoms with Crippen molar-refractivity contribution < 1.29 is 9.47 Å². The number of nitrogens with zero attached hydrogens (tertiary/aromatic N) is 4. The highest BCUT2D eigenvalue weighted by molar-refractivity contribution is 7.98. The third kappa shape index (κ3) is 3.05. The van der Waals surface area contributed by atoms with Crippen molar-refractivity contribution >= 4 is 18.0 Å². The van der Waals surface area contributed by atoms with Crippen molar-refractivity contribution in [1.29, 1.82) is 0 Å². The number of ether oxygens (including phenoxy) is 2. The van der Waals surface area contributed by atoms with Crippen molar-refractivity contribution in [3.8, 4) is 11.5 Å². The van der Waals surface area contributed by atoms with E-state index >= 15 is 0 Å². The van der Waals surface area contributed by atoms with Crippen LogP contribution in [0.25, 0.3) is 0 Å². The fourth-order valence-electron chi connectivity index (χ4n) is 1.49. The van der Waals surface area contributed by atoms with Gasteiger partial charge in [0.25, 0.3) is 0 Å². The molecule has 7 heteroatoms. The highest BCUT2D eigenvalue weighted by Gasteiger charge is 2.04. The molecule has 0 fully saturated rings. The minimum absolute atomic E-state index is 0.662. The Morgan fingerprint density at radius 2 is 2.05 bits per heavy atom. The Kier molecular flexibility index (Phi) is 4.40. The maximum Gasteiger partial charge on any atom is 0.210 e. The van der Waals surface area contributed by atoms with Crippen molar-refractivity contribution in [2.24, 2.45) is 5.10 Å². The first-order valence-electron chi connectivity index (χ1n) is 5.49. The number of benzene rings is 1. The van der Waals surface area contributed by atoms with E-state index in [9.17, 15) is 0 Å². The molecule has 0 radical (unpaired) electrons. The van der Waals surface area contributed by atoms with Crippen LogP contribution in [0.2, 0.25) is 0 Å². The minimum atomic E-state index is 0.662. The number of hydrogen-bond donors (Lipinski definition) is 0. The van der Waals surface area contributed by atoms with Gasteiger partial charge in [-0.25, -0.2) is 4.98 Å². The van der Waals surface area contributed by atoms with Gasteiger partial charge >= 0.3 is 0 Å². The lowest BCUT2D eigenvalue weighted by molar-refractivity contribution is 0.355. The SMILES string of the molecule is COc1ccc(/C=N\n2ncnc2SC)cc1OC. The number of aromatic nitrogens is 3. The van der Waals surface area contributed by atoms with E-state index in [2.05, 4.69) is 15.2 Å². The molecule has 0 aliphatic carbocycles. The largest absolute Gasteiger partial charge is 0.493 e. The summed E-state index contributed by atoms with van der Waals surface area (Å²) in [5, 5.41) is 8.98. The average Bonchev–Trinajstić information content (AvgIpc) is 2.92. The van der Waals surface area contributed by atoms with E-state index in [-0.39, 0.29) is 0 Å². The summed E-state index contributed by atoms with van der Waals surface area (Å²) in [4.78, 5) is 5.54. The lowest BCUT2D eigenvalue weighted by Gasteiger charge is -2.07. The molecule has 0 bridgehead atoms. The number of methoxy groups -OCH3 is 2. The first-order valence-corrected chi connectivity index (χ1v) is 6.71. The van der Waals surface area contributed by atoms with Crippen molar-refractivity contribution in [3.05, 3.63) is 30.1 Å². The molecule has 0 spiro atoms. The topological polar surface area (TPSA) is 61.5 Å². The Balaban J connectivity index is 2.24. The van der Waals surface area contributed by atoms with Crippen molar-refractivity contribution in [2.75, 3.05) is 20.5 Å². The third-order valence-corrected chi connectivity index (χ3v) is 3.04. The summed E-state index contributed by atoms with van der Waals surface area (Å²) in [6.07, 6.45) is 5.08. The summed E-state index contributed by atoms with van der Waals surface area (Å²) in [6, 6.07) is 5.57. The highest BCUT2D eigenvalue weighted by atomic mass is 32.2. The van der Waals surface area contributed by atoms with Gasteiger partial charge in [0.15, 0.2) is 11.5 Å². The molecule has 0 atom stereocenters. The summed E-state index contributed by atoms with van der Waals surface area (Å²) >= 11 is 1.48. The average molecular weight is 278 g/mol. The van der Waals surface area contributed by atoms with Crippen LogP contribution in [0.4, 0.5) is 0 Å². The molecule has 0 saturated heterocycles. The molecule has 100 valence electrons. The molecular weight excluding hydrogens is 264 g/mol. The van der Waals surface area contributed by atoms with Crippen LogP contribution in [-0.4, -0.2) is 41.6 Å². The van der Waals surface area contributed by atoms with E-state index in [1.54, 1.807) is 20.4 Å². The third-order valence-electron chi connectivity index (χ3n) is 2.41. The zero-order chi connectivity index (χ0) is 13.7. The minimum Gasteiger partial charge on any atom is -0.493 e. The molecule has 19 heavy (non-hydrogen) atoms. The number of hydrogen-bond acceptors (Lipinski definition) is 6. The number of rotatable bonds is 5. The molecule has 6 nitrogen and oxygen atoms in total. The van der Waals surface area contributed by atoms with Gasteiger partial charge in [0.2, 0.25) is 5.16 Å². The quantitative estimate of drug-likeness (QED) is 0.617. The van der Waals surface area contributed by atoms with Gasteiger partial charge < -0.3 is 9.47 Å². The Hall–Kier alpha value is -2.02. The zero-order valence-electron chi connectivity index (χ0n) is 10.9. The zero-order valence-corrected chi connectivity index (χ0v) is 11.7. The Morgan fingerprint density at radius 3 is 2.74 bits per heavy atom. The van der Waals surface area contributed by atoms with Gasteiger partial charge in [-0.15, -0.1) is 9.89 Å². The van der Waals surface area contributed by atoms with Crippen LogP contribution in [0.1, 0.15) is 5.56 Å². The van der Waals surface area contributed by atoms with E-state index < -0.39 is 0 Å². The van der Waals surface area contributed by atoms with Gasteiger partial charge in [-0.2, -0.15) is 5.10 Å². The first kappa shape index (κ1) is 13.4. The molecule has 0 amide bonds. The van der Waals surface area contributed by atoms with Crippen LogP contribution in [0.5, 0.6) is 11.5 Å². The monoisotopic (exact) mass is 278 g/mol. The molecular formula is C12H14N4O2S. The van der Waals surface area contributed by atoms with Crippen LogP contribution in [0.3, 0.4) is 0 Å². The second kappa shape index (κ2) is 6.24. The van der Waals surface area contributed by atoms with Crippen molar-refractivity contribution in [2.45, 2.75) is 5.16 Å². The molecule has 1 aromatic carbocycles. The summed E-state index contributed by atoms with van der Waals surface area (Å²) in [6.45, 7) is 0. The van der Waals surface area contributed by atoms with Crippen molar-refractivity contribution in [3.63, 3.8) is 0 Å². The van der Waals surface area contributed by atoms with Gasteiger partial charge in [0.05, 0.1) is 20.4 Å². The second-order valence-electron chi connectivity index (χ2n) is 3.50. The van der Waals surface area contributed by atoms with Crippen LogP contribution >= 0.6 is 11.8 Å². The van der Waals surface area contributed by atoms with Gasteiger partial charge in [-0.3, -0.25) is 0 Å². The smallest absolute Gasteiger partial charge is 0.210 e. The Labute approximate surface area is 115 Å². The standard InChI is InChI=1S/C12H14N4O2S/c1-17-10-5-4-9(6-11(10)18-2)7-14-16-12(19-3)13-8-15-16/h4-8H,1-3H3/b14-7-. The lowest BCUT2D eigenvalue weighted by Crippen LogP contribution is -1.96. The molecule has 2 aromatic rings. The molecule has 0 aliphatic heterocycles. The predicted octanol–water partition coefficient (Wildman–Crippen LogP) is 1.90. The molecule has 0 unspecified atom stereocenters. The second-order valence-corrected chi connectivity index (χ2v) is 4.27. The maximum absolute atomic E-state index is 5.23. The molecule has 1 heterocycles. The molecule has 0 saturated carbocycles. The van der Waals surface area contributed by atoms with Gasteiger partial charge in [0.1, 0.15) is 6.33 Å². The van der Waals surface area contributed by atoms with Gasteiger partial charge in [0, 0.05) is 0 Å². The van der Waals surface area contributed by atoms with E-state index in [0.717, 1.165) is 10.7 Å². The number of thioether (sulfide) groups is 1. The van der Waals surface area contributed by atoms with Gasteiger partial charge in [-0.05, 0) is 30.0 Å². The molecule has 2 rings (SSSR count). The van der Waals surface area contributed by atoms with Gasteiger partial charge in [-0.1, -0.05) is 11.8 Å². The summed E-state index contributed by atoms with van der Waals surface area (Å²) in [7, 11) is 3.20. The summed E-state index contributed by atoms with van der Waals surface area (Å²) < 4.78 is 10.4. The summed E-state index contributed by atoms with van der Waals surface area (Å²) in [5.74, 6) is 1.35. The van der Waals surface area contributed by atoms with E-state index in [1.807, 2.05) is 24.5 Å². The van der Waals surface area contributed by atoms with Crippen molar-refractivity contribution in [1.82, 2.24) is 14.9 Å². The highest BCUT2D eigenvalue weighted by Crippen LogP contribution is 2.26. The normalized spacial score (nSPS) is 10.9. The van der Waals surface area contributed by atoms with E-state index in [4.69, 9.17) is 9.47 Å². The Bertz CT molecular complexity index is 583. The van der Waals surface area contributed by atoms with E-state index in [0.29, 0.717) is 11.5 Å². The fraction of sp³-hybridized carbons (Fsp3) is 0.250. The molecule has 1 aromatic heterocycles. The predicted molar refractivity (Wildman–Crippen MR) is 74.3 cm³/mol. The van der Waals surface area contributed by atoms with Crippen LogP contribution in [0.15, 0.2) is 34.8 Å². The van der Waals surface area contributed by atoms with Crippen LogP contribution in [-0.2, 0) is 0 Å². The van der Waals surface area contributed by atoms with Crippen LogP contribution in [0, 0.1) is 0 Å². The molecule has 0 aliphatic rings. The van der Waals surface area contributed by atoms with Crippen LogP contribution < -0.4 is 9.47 Å². The first-order chi connectivity index (χ1) is 9.28. The summed E-state index contributed by atoms with van der Waals surface area (Å²) in [5.41, 5.74) is 0.889. The molecule has 0 N–H and O–H groups in total. The van der Waals surface area contributed by atoms with E-state index in [1.165, 1.54) is 22.9 Å². The Morgan fingerprint density at radius 1 is 1.26 bits per heavy atom. The lowest BCUT2D eigenvalue weighted by atomic mass is 10.2. The maximum atomic E-state index is 5.23. The fourth-order valence-corrected chi connectivity index (χ4v) is 1.90.